The van der Waals surface area contributed by atoms with Gasteiger partial charge < -0.3 is 0 Å². The Balaban J connectivity index is 1.44. The molecule has 3 heteroatoms. The number of benzene rings is 5. The SMILES string of the molecule is N#CC1C(c2ccccc2)=NC2=C(CCc3c(-c4ccccc4)cc(-c4ccccc4)nc32)C1c1cccc2ccccc12. The molecule has 0 bridgehead atoms. The molecule has 2 atom stereocenters. The molecule has 208 valence electrons. The third kappa shape index (κ3) is 4.35. The van der Waals surface area contributed by atoms with Crippen LogP contribution in [-0.4, -0.2) is 10.7 Å². The van der Waals surface area contributed by atoms with Crippen LogP contribution < -0.4 is 0 Å². The number of allylic oxidation sites excluding steroid dienone is 1. The fourth-order valence-corrected chi connectivity index (χ4v) is 7.04. The number of aromatic nitrogens is 1. The monoisotopic (exact) mass is 563 g/mol. The van der Waals surface area contributed by atoms with Gasteiger partial charge in [0.1, 0.15) is 0 Å². The van der Waals surface area contributed by atoms with Crippen molar-refractivity contribution in [3.05, 3.63) is 167 Å². The summed E-state index contributed by atoms with van der Waals surface area (Å²) >= 11 is 0. The molecule has 0 saturated carbocycles. The van der Waals surface area contributed by atoms with Crippen LogP contribution >= 0.6 is 0 Å². The molecule has 2 heterocycles. The Kier molecular flexibility index (Phi) is 6.47. The molecule has 6 aromatic rings. The number of aliphatic imine (C=N–C) groups is 1. The summed E-state index contributed by atoms with van der Waals surface area (Å²) in [5.74, 6) is -0.557. The molecule has 0 amide bonds. The van der Waals surface area contributed by atoms with E-state index in [0.29, 0.717) is 0 Å². The van der Waals surface area contributed by atoms with Gasteiger partial charge in [0.15, 0.2) is 0 Å². The average Bonchev–Trinajstić information content (AvgIpc) is 3.11. The number of fused-ring (bicyclic) bond motifs is 3. The summed E-state index contributed by atoms with van der Waals surface area (Å²) in [7, 11) is 0. The van der Waals surface area contributed by atoms with Crippen molar-refractivity contribution in [1.29, 1.82) is 5.26 Å². The topological polar surface area (TPSA) is 49.0 Å². The van der Waals surface area contributed by atoms with E-state index in [1.165, 1.54) is 38.6 Å². The van der Waals surface area contributed by atoms with Gasteiger partial charge in [0.2, 0.25) is 0 Å². The molecule has 5 aromatic carbocycles. The molecule has 0 N–H and O–H groups in total. The van der Waals surface area contributed by atoms with Crippen molar-refractivity contribution in [3.63, 3.8) is 0 Å². The Morgan fingerprint density at radius 2 is 1.27 bits per heavy atom. The first-order chi connectivity index (χ1) is 21.8. The van der Waals surface area contributed by atoms with Crippen molar-refractivity contribution in [3.8, 4) is 28.5 Å². The lowest BCUT2D eigenvalue weighted by molar-refractivity contribution is 0.663. The van der Waals surface area contributed by atoms with Crippen molar-refractivity contribution in [2.75, 3.05) is 0 Å². The first-order valence-corrected chi connectivity index (χ1v) is 15.2. The Hall–Kier alpha value is -5.59. The van der Waals surface area contributed by atoms with Crippen molar-refractivity contribution >= 4 is 22.2 Å². The lowest BCUT2D eigenvalue weighted by Gasteiger charge is -2.36. The standard InChI is InChI=1S/C41H29N3/c42-26-36-38(32-22-12-20-27-15-10-11-21-31(27)32)34-24-23-33-35(28-13-4-1-5-14-28)25-37(29-16-6-2-7-17-29)43-40(33)41(34)44-39(36)30-18-8-3-9-19-30/h1-22,25,36,38H,23-24H2. The minimum absolute atomic E-state index is 0.135. The molecule has 1 aliphatic heterocycles. The second-order valence-corrected chi connectivity index (χ2v) is 11.5. The highest BCUT2D eigenvalue weighted by atomic mass is 14.9. The van der Waals surface area contributed by atoms with Gasteiger partial charge in [0.25, 0.3) is 0 Å². The average molecular weight is 564 g/mol. The molecule has 2 aliphatic rings. The third-order valence-electron chi connectivity index (χ3n) is 9.05. The quantitative estimate of drug-likeness (QED) is 0.214. The molecule has 3 nitrogen and oxygen atoms in total. The van der Waals surface area contributed by atoms with Crippen molar-refractivity contribution in [1.82, 2.24) is 4.98 Å². The molecule has 0 fully saturated rings. The largest absolute Gasteiger partial charge is 0.249 e. The van der Waals surface area contributed by atoms with Gasteiger partial charge >= 0.3 is 0 Å². The number of rotatable bonds is 4. The maximum Gasteiger partial charge on any atom is 0.0997 e. The summed E-state index contributed by atoms with van der Waals surface area (Å²) < 4.78 is 0. The van der Waals surface area contributed by atoms with E-state index in [4.69, 9.17) is 9.98 Å². The molecule has 0 spiro atoms. The zero-order chi connectivity index (χ0) is 29.5. The second-order valence-electron chi connectivity index (χ2n) is 11.5. The van der Waals surface area contributed by atoms with E-state index in [0.717, 1.165) is 46.8 Å². The van der Waals surface area contributed by atoms with E-state index >= 15 is 0 Å². The lowest BCUT2D eigenvalue weighted by Crippen LogP contribution is -2.30. The Labute approximate surface area is 257 Å². The van der Waals surface area contributed by atoms with Crippen LogP contribution in [0.3, 0.4) is 0 Å². The summed E-state index contributed by atoms with van der Waals surface area (Å²) in [6.07, 6.45) is 1.67. The predicted molar refractivity (Wildman–Crippen MR) is 179 cm³/mol. The maximum absolute atomic E-state index is 10.8. The normalized spacial score (nSPS) is 17.4. The van der Waals surface area contributed by atoms with Crippen LogP contribution in [0.25, 0.3) is 38.9 Å². The smallest absolute Gasteiger partial charge is 0.0997 e. The molecular formula is C41H29N3. The molecule has 1 aromatic heterocycles. The van der Waals surface area contributed by atoms with E-state index in [1.54, 1.807) is 0 Å². The number of hydrogen-bond donors (Lipinski definition) is 0. The van der Waals surface area contributed by atoms with Crippen LogP contribution in [0.2, 0.25) is 0 Å². The van der Waals surface area contributed by atoms with Crippen LogP contribution in [0.1, 0.15) is 34.7 Å². The number of pyridine rings is 1. The highest BCUT2D eigenvalue weighted by Gasteiger charge is 2.40. The van der Waals surface area contributed by atoms with E-state index in [-0.39, 0.29) is 5.92 Å². The van der Waals surface area contributed by atoms with Crippen molar-refractivity contribution in [2.24, 2.45) is 10.9 Å². The van der Waals surface area contributed by atoms with E-state index in [9.17, 15) is 5.26 Å². The van der Waals surface area contributed by atoms with Crippen LogP contribution in [0.4, 0.5) is 0 Å². The number of nitriles is 1. The highest BCUT2D eigenvalue weighted by molar-refractivity contribution is 6.09. The predicted octanol–water partition coefficient (Wildman–Crippen LogP) is 9.65. The van der Waals surface area contributed by atoms with Gasteiger partial charge in [0, 0.05) is 11.5 Å². The van der Waals surface area contributed by atoms with Gasteiger partial charge in [-0.1, -0.05) is 133 Å². The van der Waals surface area contributed by atoms with Crippen LogP contribution in [-0.2, 0) is 6.42 Å². The van der Waals surface area contributed by atoms with Gasteiger partial charge in [-0.25, -0.2) is 9.98 Å². The summed E-state index contributed by atoms with van der Waals surface area (Å²) in [6.45, 7) is 0. The van der Waals surface area contributed by atoms with Crippen molar-refractivity contribution < 1.29 is 0 Å². The van der Waals surface area contributed by atoms with Crippen LogP contribution in [0.5, 0.6) is 0 Å². The second kappa shape index (κ2) is 10.9. The lowest BCUT2D eigenvalue weighted by atomic mass is 9.70. The van der Waals surface area contributed by atoms with Gasteiger partial charge in [-0.3, -0.25) is 0 Å². The Morgan fingerprint density at radius 3 is 2.00 bits per heavy atom. The molecular weight excluding hydrogens is 534 g/mol. The molecule has 0 saturated heterocycles. The van der Waals surface area contributed by atoms with Crippen LogP contribution in [0, 0.1) is 17.2 Å². The van der Waals surface area contributed by atoms with Gasteiger partial charge in [0.05, 0.1) is 34.8 Å². The first kappa shape index (κ1) is 26.1. The minimum Gasteiger partial charge on any atom is -0.249 e. The fourth-order valence-electron chi connectivity index (χ4n) is 7.04. The van der Waals surface area contributed by atoms with E-state index in [2.05, 4.69) is 121 Å². The van der Waals surface area contributed by atoms with Gasteiger partial charge in [-0.05, 0) is 63.1 Å². The van der Waals surface area contributed by atoms with Crippen LogP contribution in [0.15, 0.2) is 150 Å². The number of hydrogen-bond acceptors (Lipinski definition) is 3. The number of nitrogens with zero attached hydrogens (tertiary/aromatic N) is 3. The highest BCUT2D eigenvalue weighted by Crippen LogP contribution is 2.50. The van der Waals surface area contributed by atoms with Crippen molar-refractivity contribution in [2.45, 2.75) is 18.8 Å². The minimum atomic E-state index is -0.422. The fraction of sp³-hybridized carbons (Fsp3) is 0.0976. The summed E-state index contributed by atoms with van der Waals surface area (Å²) in [5, 5.41) is 13.2. The Bertz CT molecular complexity index is 2120. The van der Waals surface area contributed by atoms with Gasteiger partial charge in [-0.2, -0.15) is 5.26 Å². The first-order valence-electron chi connectivity index (χ1n) is 15.2. The Morgan fingerprint density at radius 1 is 0.636 bits per heavy atom. The molecule has 1 aliphatic carbocycles. The molecule has 8 rings (SSSR count). The van der Waals surface area contributed by atoms with E-state index in [1.807, 2.05) is 24.3 Å². The zero-order valence-electron chi connectivity index (χ0n) is 24.2. The third-order valence-corrected chi connectivity index (χ3v) is 9.05. The molecule has 2 unspecified atom stereocenters. The molecule has 44 heavy (non-hydrogen) atoms. The zero-order valence-corrected chi connectivity index (χ0v) is 24.2. The summed E-state index contributed by atoms with van der Waals surface area (Å²) in [6, 6.07) is 51.1. The van der Waals surface area contributed by atoms with E-state index < -0.39 is 5.92 Å². The summed E-state index contributed by atoms with van der Waals surface area (Å²) in [5.41, 5.74) is 11.6. The van der Waals surface area contributed by atoms with Gasteiger partial charge in [-0.15, -0.1) is 0 Å². The molecule has 0 radical (unpaired) electrons. The summed E-state index contributed by atoms with van der Waals surface area (Å²) in [4.78, 5) is 10.8. The maximum atomic E-state index is 10.8.